The molecule has 0 fully saturated rings. The van der Waals surface area contributed by atoms with Gasteiger partial charge in [-0.2, -0.15) is 0 Å². The van der Waals surface area contributed by atoms with Gasteiger partial charge in [-0.05, 0) is 128 Å². The standard InChI is InChI=1S/C81H132O17P2/c1-5-9-13-17-21-25-29-32-34-36-37-39-40-43-47-50-54-58-62-66-79(84)92-72-77(98-81(86)68-64-60-56-52-48-44-41-38-35-33-30-26-22-18-14-10-6-2)74-96-100(89,90)94-70-75(82)69-93-99(87,88)95-73-76(97-80(85)67-63-59-55-51-45-28-24-20-16-12-8-4)71-91-78(83)65-61-57-53-49-46-42-31-27-23-19-15-11-7-3/h9-10,13-15,19,21-22,25-27,31-35,37,39,41,43-44,47,52,54,56,58,75-77,82H,5-8,11-12,16-18,20,23-24,28-30,36,38,40,42,45-46,48-51,53,55,57,59-74H2,1-4H3,(H,87,88)(H,89,90)/b13-9-,14-10-,19-15-,25-21-,26-22-,31-27-,34-32-,35-33-,39-37-,44-41-,47-43-,56-52-,58-54-. The van der Waals surface area contributed by atoms with Crippen LogP contribution in [0.1, 0.15) is 272 Å². The van der Waals surface area contributed by atoms with Crippen LogP contribution in [0.25, 0.3) is 0 Å². The highest BCUT2D eigenvalue weighted by atomic mass is 31.2. The van der Waals surface area contributed by atoms with E-state index in [0.717, 1.165) is 141 Å². The van der Waals surface area contributed by atoms with Crippen molar-refractivity contribution in [3.05, 3.63) is 158 Å². The molecule has 0 aliphatic rings. The summed E-state index contributed by atoms with van der Waals surface area (Å²) in [5, 5.41) is 10.6. The van der Waals surface area contributed by atoms with Crippen molar-refractivity contribution < 1.29 is 80.2 Å². The third-order valence-corrected chi connectivity index (χ3v) is 16.9. The van der Waals surface area contributed by atoms with Crippen LogP contribution in [-0.2, 0) is 65.4 Å². The van der Waals surface area contributed by atoms with Crippen LogP contribution in [0, 0.1) is 0 Å². The van der Waals surface area contributed by atoms with E-state index in [9.17, 15) is 43.2 Å². The zero-order valence-corrected chi connectivity index (χ0v) is 63.6. The molecule has 0 saturated heterocycles. The number of aliphatic hydroxyl groups excluding tert-OH is 1. The van der Waals surface area contributed by atoms with E-state index < -0.39 is 97.5 Å². The minimum atomic E-state index is -5.01. The van der Waals surface area contributed by atoms with Crippen LogP contribution in [0.2, 0.25) is 0 Å². The van der Waals surface area contributed by atoms with E-state index in [1.165, 1.54) is 38.5 Å². The normalized spacial score (nSPS) is 14.8. The summed E-state index contributed by atoms with van der Waals surface area (Å²) >= 11 is 0. The maximum Gasteiger partial charge on any atom is 0.472 e. The van der Waals surface area contributed by atoms with Crippen molar-refractivity contribution >= 4 is 39.5 Å². The summed E-state index contributed by atoms with van der Waals surface area (Å²) in [5.41, 5.74) is 0. The lowest BCUT2D eigenvalue weighted by molar-refractivity contribution is -0.161. The predicted molar refractivity (Wildman–Crippen MR) is 408 cm³/mol. The lowest BCUT2D eigenvalue weighted by atomic mass is 10.1. The number of phosphoric acid groups is 2. The van der Waals surface area contributed by atoms with E-state index >= 15 is 0 Å². The van der Waals surface area contributed by atoms with E-state index in [2.05, 4.69) is 155 Å². The summed E-state index contributed by atoms with van der Waals surface area (Å²) in [6, 6.07) is 0. The zero-order valence-electron chi connectivity index (χ0n) is 61.8. The highest BCUT2D eigenvalue weighted by Gasteiger charge is 2.30. The van der Waals surface area contributed by atoms with Crippen molar-refractivity contribution in [2.24, 2.45) is 0 Å². The van der Waals surface area contributed by atoms with Crippen LogP contribution in [0.4, 0.5) is 0 Å². The molecule has 0 radical (unpaired) electrons. The smallest absolute Gasteiger partial charge is 0.462 e. The lowest BCUT2D eigenvalue weighted by Gasteiger charge is -2.21. The molecule has 0 saturated carbocycles. The van der Waals surface area contributed by atoms with Crippen LogP contribution in [0.15, 0.2) is 158 Å². The number of hydrogen-bond donors (Lipinski definition) is 3. The average Bonchev–Trinajstić information content (AvgIpc) is 0.930. The van der Waals surface area contributed by atoms with Crippen LogP contribution in [0.3, 0.4) is 0 Å². The molecule has 19 heteroatoms. The summed E-state index contributed by atoms with van der Waals surface area (Å²) in [7, 11) is -10.00. The van der Waals surface area contributed by atoms with Gasteiger partial charge in [0.15, 0.2) is 12.2 Å². The van der Waals surface area contributed by atoms with Gasteiger partial charge in [0.1, 0.15) is 19.3 Å². The number of aliphatic hydroxyl groups is 1. The lowest BCUT2D eigenvalue weighted by Crippen LogP contribution is -2.30. The SMILES string of the molecule is CC/C=C\C/C=C\C/C=C\C/C=C\C/C=C\C/C=C\CCC(=O)OCC(COP(=O)(O)OCC(O)COP(=O)(O)OCC(COC(=O)CCCCCCC/C=C\C/C=C\CCC)OC(=O)CCCCCCCCCCCCC)OC(=O)CCC/C=C\C/C=C\C/C=C\C/C=C\C/C=C\CC. The topological polar surface area (TPSA) is 237 Å². The Labute approximate surface area is 604 Å². The molecule has 0 aromatic carbocycles. The zero-order chi connectivity index (χ0) is 73.2. The molecule has 0 bridgehead atoms. The van der Waals surface area contributed by atoms with Crippen molar-refractivity contribution in [2.45, 2.75) is 290 Å². The maximum absolute atomic E-state index is 13.1. The minimum absolute atomic E-state index is 0.00474. The minimum Gasteiger partial charge on any atom is -0.462 e. The van der Waals surface area contributed by atoms with Gasteiger partial charge < -0.3 is 33.8 Å². The summed E-state index contributed by atoms with van der Waals surface area (Å²) in [6.07, 6.45) is 82.7. The van der Waals surface area contributed by atoms with Gasteiger partial charge in [0.2, 0.25) is 0 Å². The summed E-state index contributed by atoms with van der Waals surface area (Å²) in [4.78, 5) is 72.7. The van der Waals surface area contributed by atoms with Gasteiger partial charge in [-0.25, -0.2) is 9.13 Å². The molecule has 0 aliphatic carbocycles. The number of ether oxygens (including phenoxy) is 4. The number of carbonyl (C=O) groups is 4. The number of carbonyl (C=O) groups excluding carboxylic acids is 4. The van der Waals surface area contributed by atoms with Gasteiger partial charge in [0, 0.05) is 25.7 Å². The highest BCUT2D eigenvalue weighted by Crippen LogP contribution is 2.45. The molecular weight excluding hydrogens is 1310 g/mol. The van der Waals surface area contributed by atoms with Gasteiger partial charge in [-0.3, -0.25) is 37.3 Å². The molecule has 3 N–H and O–H groups in total. The van der Waals surface area contributed by atoms with Crippen molar-refractivity contribution in [3.63, 3.8) is 0 Å². The van der Waals surface area contributed by atoms with Crippen molar-refractivity contribution in [1.29, 1.82) is 0 Å². The number of phosphoric ester groups is 2. The molecule has 568 valence electrons. The molecule has 0 amide bonds. The molecule has 5 atom stereocenters. The Morgan fingerprint density at radius 2 is 0.570 bits per heavy atom. The summed E-state index contributed by atoms with van der Waals surface area (Å²) < 4.78 is 68.2. The van der Waals surface area contributed by atoms with Crippen LogP contribution < -0.4 is 0 Å². The quantitative estimate of drug-likeness (QED) is 0.0169. The number of allylic oxidation sites excluding steroid dienone is 26. The molecule has 5 unspecified atom stereocenters. The third kappa shape index (κ3) is 71.1. The van der Waals surface area contributed by atoms with E-state index in [-0.39, 0.29) is 25.7 Å². The molecular formula is C81H132O17P2. The Balaban J connectivity index is 5.48. The fourth-order valence-corrected chi connectivity index (χ4v) is 10.9. The predicted octanol–water partition coefficient (Wildman–Crippen LogP) is 21.7. The molecule has 17 nitrogen and oxygen atoms in total. The molecule has 0 rings (SSSR count). The molecule has 0 aromatic rings. The number of hydrogen-bond acceptors (Lipinski definition) is 15. The van der Waals surface area contributed by atoms with E-state index in [0.29, 0.717) is 38.5 Å². The first kappa shape index (κ1) is 94.7. The first-order valence-corrected chi connectivity index (χ1v) is 40.7. The van der Waals surface area contributed by atoms with Crippen LogP contribution in [0.5, 0.6) is 0 Å². The first-order chi connectivity index (χ1) is 48.7. The first-order valence-electron chi connectivity index (χ1n) is 37.7. The van der Waals surface area contributed by atoms with E-state index in [1.54, 1.807) is 0 Å². The highest BCUT2D eigenvalue weighted by molar-refractivity contribution is 7.47. The summed E-state index contributed by atoms with van der Waals surface area (Å²) in [5.74, 6) is -2.37. The van der Waals surface area contributed by atoms with Gasteiger partial charge in [-0.15, -0.1) is 0 Å². The molecule has 0 spiro atoms. The summed E-state index contributed by atoms with van der Waals surface area (Å²) in [6.45, 7) is 4.38. The van der Waals surface area contributed by atoms with Gasteiger partial charge >= 0.3 is 39.5 Å². The fourth-order valence-electron chi connectivity index (χ4n) is 9.32. The van der Waals surface area contributed by atoms with Crippen molar-refractivity contribution in [2.75, 3.05) is 39.6 Å². The Kier molecular flexibility index (Phi) is 68.2. The second-order valence-electron chi connectivity index (χ2n) is 24.5. The van der Waals surface area contributed by atoms with E-state index in [1.807, 2.05) is 30.4 Å². The average molecular weight is 1440 g/mol. The van der Waals surface area contributed by atoms with Crippen LogP contribution >= 0.6 is 15.6 Å². The number of esters is 4. The van der Waals surface area contributed by atoms with Crippen LogP contribution in [-0.4, -0.2) is 96.7 Å². The van der Waals surface area contributed by atoms with E-state index in [4.69, 9.17) is 37.0 Å². The number of rotatable bonds is 69. The Morgan fingerprint density at radius 1 is 0.290 bits per heavy atom. The molecule has 0 aromatic heterocycles. The van der Waals surface area contributed by atoms with Crippen molar-refractivity contribution in [1.82, 2.24) is 0 Å². The Hall–Kier alpha value is -5.32. The third-order valence-electron chi connectivity index (χ3n) is 15.0. The monoisotopic (exact) mass is 1440 g/mol. The van der Waals surface area contributed by atoms with Gasteiger partial charge in [-0.1, -0.05) is 276 Å². The number of unbranched alkanes of at least 4 members (excludes halogenated alkanes) is 17. The second kappa shape index (κ2) is 72.0. The van der Waals surface area contributed by atoms with Gasteiger partial charge in [0.25, 0.3) is 0 Å². The Bertz CT molecular complexity index is 2520. The van der Waals surface area contributed by atoms with Crippen molar-refractivity contribution in [3.8, 4) is 0 Å². The van der Waals surface area contributed by atoms with Gasteiger partial charge in [0.05, 0.1) is 26.4 Å². The largest absolute Gasteiger partial charge is 0.472 e. The molecule has 0 aliphatic heterocycles. The Morgan fingerprint density at radius 3 is 0.940 bits per heavy atom. The maximum atomic E-state index is 13.1. The fraction of sp³-hybridized carbons (Fsp3) is 0.630. The molecule has 0 heterocycles. The molecule has 100 heavy (non-hydrogen) atoms. The second-order valence-corrected chi connectivity index (χ2v) is 27.4.